The van der Waals surface area contributed by atoms with Crippen molar-refractivity contribution in [3.63, 3.8) is 0 Å². The van der Waals surface area contributed by atoms with E-state index in [2.05, 4.69) is 4.74 Å². The van der Waals surface area contributed by atoms with E-state index < -0.39 is 0 Å². The Morgan fingerprint density at radius 1 is 1.38 bits per heavy atom. The van der Waals surface area contributed by atoms with E-state index >= 15 is 0 Å². The molecule has 0 heterocycles. The molecule has 69 valence electrons. The van der Waals surface area contributed by atoms with Crippen LogP contribution in [0.1, 0.15) is 16.7 Å². The average Bonchev–Trinajstić information content (AvgIpc) is 2.09. The summed E-state index contributed by atoms with van der Waals surface area (Å²) in [4.78, 5) is 9.94. The zero-order valence-corrected chi connectivity index (χ0v) is 7.66. The highest BCUT2D eigenvalue weighted by Gasteiger charge is 2.07. The van der Waals surface area contributed by atoms with Gasteiger partial charge in [0.05, 0.1) is 0 Å². The molecule has 0 aliphatic rings. The summed E-state index contributed by atoms with van der Waals surface area (Å²) in [6, 6.07) is 3.55. The number of aryl methyl sites for hydroxylation is 2. The van der Waals surface area contributed by atoms with E-state index in [0.29, 0.717) is 17.6 Å². The van der Waals surface area contributed by atoms with Gasteiger partial charge >= 0.3 is 0 Å². The molecule has 0 aromatic heterocycles. The Morgan fingerprint density at radius 2 is 2.08 bits per heavy atom. The van der Waals surface area contributed by atoms with Gasteiger partial charge in [-0.1, -0.05) is 11.6 Å². The molecular formula is C10H11O3. The van der Waals surface area contributed by atoms with Gasteiger partial charge in [0.25, 0.3) is 6.47 Å². The summed E-state index contributed by atoms with van der Waals surface area (Å²) < 4.78 is 4.53. The molecule has 0 spiro atoms. The fraction of sp³-hybridized carbons (Fsp3) is 0.300. The molecule has 1 radical (unpaired) electrons. The maximum absolute atomic E-state index is 11.4. The number of rotatable bonds is 3. The molecule has 0 aliphatic heterocycles. The Balaban J connectivity index is 2.98. The molecule has 0 aliphatic carbocycles. The zero-order valence-electron chi connectivity index (χ0n) is 7.66. The SMILES string of the molecule is Cc1cc(C)c([O])c(COC=O)c1. The van der Waals surface area contributed by atoms with E-state index in [1.807, 2.05) is 13.0 Å². The molecule has 0 fully saturated rings. The van der Waals surface area contributed by atoms with Gasteiger partial charge in [-0.2, -0.15) is 0 Å². The van der Waals surface area contributed by atoms with Crippen LogP contribution in [0.25, 0.3) is 0 Å². The molecule has 0 unspecified atom stereocenters. The van der Waals surface area contributed by atoms with Crippen LogP contribution in [-0.2, 0) is 21.2 Å². The minimum Gasteiger partial charge on any atom is -0.463 e. The van der Waals surface area contributed by atoms with E-state index in [1.54, 1.807) is 13.0 Å². The predicted octanol–water partition coefficient (Wildman–Crippen LogP) is 2.12. The number of benzene rings is 1. The Labute approximate surface area is 77.0 Å². The van der Waals surface area contributed by atoms with Crippen molar-refractivity contribution in [2.75, 3.05) is 0 Å². The van der Waals surface area contributed by atoms with Crippen LogP contribution in [0, 0.1) is 13.8 Å². The van der Waals surface area contributed by atoms with E-state index in [0.717, 1.165) is 5.56 Å². The molecule has 0 N–H and O–H groups in total. The molecule has 0 amide bonds. The maximum Gasteiger partial charge on any atom is 0.293 e. The van der Waals surface area contributed by atoms with Crippen molar-refractivity contribution in [3.05, 3.63) is 28.8 Å². The third kappa shape index (κ3) is 2.21. The van der Waals surface area contributed by atoms with E-state index in [1.165, 1.54) is 0 Å². The van der Waals surface area contributed by atoms with Crippen LogP contribution in [0.4, 0.5) is 0 Å². The van der Waals surface area contributed by atoms with Crippen molar-refractivity contribution < 1.29 is 14.6 Å². The lowest BCUT2D eigenvalue weighted by Crippen LogP contribution is -1.92. The monoisotopic (exact) mass is 179 g/mol. The quantitative estimate of drug-likeness (QED) is 0.667. The molecule has 3 heteroatoms. The molecule has 1 rings (SSSR count). The van der Waals surface area contributed by atoms with Gasteiger partial charge in [-0.3, -0.25) is 9.90 Å². The summed E-state index contributed by atoms with van der Waals surface area (Å²) in [5.41, 5.74) is 2.22. The first kappa shape index (κ1) is 9.58. The van der Waals surface area contributed by atoms with Crippen molar-refractivity contribution in [2.24, 2.45) is 0 Å². The zero-order chi connectivity index (χ0) is 9.84. The Bertz CT molecular complexity index is 318. The van der Waals surface area contributed by atoms with Gasteiger partial charge in [0.2, 0.25) is 0 Å². The number of ether oxygens (including phenoxy) is 1. The van der Waals surface area contributed by atoms with E-state index in [-0.39, 0.29) is 12.4 Å². The first-order valence-corrected chi connectivity index (χ1v) is 3.97. The van der Waals surface area contributed by atoms with Crippen LogP contribution < -0.4 is 0 Å². The summed E-state index contributed by atoms with van der Waals surface area (Å²) in [5.74, 6) is -0.0487. The van der Waals surface area contributed by atoms with Crippen LogP contribution in [0.2, 0.25) is 0 Å². The van der Waals surface area contributed by atoms with Crippen molar-refractivity contribution >= 4 is 6.47 Å². The van der Waals surface area contributed by atoms with Crippen LogP contribution in [0.5, 0.6) is 5.75 Å². The molecular weight excluding hydrogens is 168 g/mol. The van der Waals surface area contributed by atoms with E-state index in [9.17, 15) is 9.90 Å². The Hall–Kier alpha value is -1.51. The standard InChI is InChI=1S/C10H11O3/c1-7-3-8(2)10(12)9(4-7)5-13-6-11/h3-4,6H,5H2,1-2H3. The summed E-state index contributed by atoms with van der Waals surface area (Å²) in [6.07, 6.45) is 0. The predicted molar refractivity (Wildman–Crippen MR) is 46.9 cm³/mol. The van der Waals surface area contributed by atoms with E-state index in [4.69, 9.17) is 0 Å². The van der Waals surface area contributed by atoms with Gasteiger partial charge < -0.3 is 4.74 Å². The summed E-state index contributed by atoms with van der Waals surface area (Å²) >= 11 is 0. The summed E-state index contributed by atoms with van der Waals surface area (Å²) in [7, 11) is 0. The number of hydrogen-bond acceptors (Lipinski definition) is 2. The molecule has 1 aromatic carbocycles. The second-order valence-electron chi connectivity index (χ2n) is 2.98. The first-order chi connectivity index (χ1) is 6.15. The Kier molecular flexibility index (Phi) is 2.90. The maximum atomic E-state index is 11.4. The van der Waals surface area contributed by atoms with Crippen molar-refractivity contribution in [1.29, 1.82) is 0 Å². The minimum absolute atomic E-state index is 0.0487. The fourth-order valence-corrected chi connectivity index (χ4v) is 1.27. The highest BCUT2D eigenvalue weighted by Crippen LogP contribution is 2.24. The second kappa shape index (κ2) is 3.94. The number of carbonyl (C=O) groups is 1. The van der Waals surface area contributed by atoms with Gasteiger partial charge in [-0.15, -0.1) is 0 Å². The van der Waals surface area contributed by atoms with Gasteiger partial charge in [0, 0.05) is 5.56 Å². The minimum atomic E-state index is -0.0487. The summed E-state index contributed by atoms with van der Waals surface area (Å²) in [5, 5.41) is 11.4. The molecule has 0 saturated heterocycles. The summed E-state index contributed by atoms with van der Waals surface area (Å²) in [6.45, 7) is 4.05. The highest BCUT2D eigenvalue weighted by molar-refractivity contribution is 5.44. The van der Waals surface area contributed by atoms with Crippen molar-refractivity contribution in [1.82, 2.24) is 0 Å². The second-order valence-corrected chi connectivity index (χ2v) is 2.98. The highest BCUT2D eigenvalue weighted by atomic mass is 16.5. The lowest BCUT2D eigenvalue weighted by Gasteiger charge is -2.05. The fourth-order valence-electron chi connectivity index (χ4n) is 1.27. The third-order valence-corrected chi connectivity index (χ3v) is 1.80. The van der Waals surface area contributed by atoms with Crippen molar-refractivity contribution in [3.8, 4) is 5.75 Å². The molecule has 0 saturated carbocycles. The molecule has 1 aromatic rings. The van der Waals surface area contributed by atoms with Gasteiger partial charge in [0.15, 0.2) is 5.75 Å². The smallest absolute Gasteiger partial charge is 0.293 e. The van der Waals surface area contributed by atoms with Crippen LogP contribution in [0.3, 0.4) is 0 Å². The van der Waals surface area contributed by atoms with Gasteiger partial charge in [-0.05, 0) is 25.5 Å². The number of hydrogen-bond donors (Lipinski definition) is 0. The normalized spacial score (nSPS) is 9.69. The van der Waals surface area contributed by atoms with Crippen LogP contribution >= 0.6 is 0 Å². The number of carbonyl (C=O) groups excluding carboxylic acids is 1. The first-order valence-electron chi connectivity index (χ1n) is 3.97. The Morgan fingerprint density at radius 3 is 2.69 bits per heavy atom. The van der Waals surface area contributed by atoms with Gasteiger partial charge in [-0.25, -0.2) is 0 Å². The lowest BCUT2D eigenvalue weighted by molar-refractivity contribution is -0.129. The van der Waals surface area contributed by atoms with Crippen LogP contribution in [-0.4, -0.2) is 6.47 Å². The molecule has 3 nitrogen and oxygen atoms in total. The lowest BCUT2D eigenvalue weighted by atomic mass is 10.1. The average molecular weight is 179 g/mol. The molecule has 0 atom stereocenters. The molecule has 0 bridgehead atoms. The largest absolute Gasteiger partial charge is 0.463 e. The van der Waals surface area contributed by atoms with Crippen LogP contribution in [0.15, 0.2) is 12.1 Å². The van der Waals surface area contributed by atoms with Gasteiger partial charge in [0.1, 0.15) is 6.61 Å². The third-order valence-electron chi connectivity index (χ3n) is 1.80. The topological polar surface area (TPSA) is 46.2 Å². The molecule has 13 heavy (non-hydrogen) atoms. The van der Waals surface area contributed by atoms with Crippen molar-refractivity contribution in [2.45, 2.75) is 20.5 Å².